The van der Waals surface area contributed by atoms with E-state index >= 15 is 0 Å². The number of rotatable bonds is 4. The smallest absolute Gasteiger partial charge is 0.313 e. The van der Waals surface area contributed by atoms with Crippen LogP contribution >= 0.6 is 15.9 Å². The Labute approximate surface area is 170 Å². The first-order valence-corrected chi connectivity index (χ1v) is 10.0. The molecule has 1 fully saturated rings. The number of benzene rings is 1. The lowest BCUT2D eigenvalue weighted by atomic mass is 10.1. The number of piperidine rings is 1. The van der Waals surface area contributed by atoms with Crippen molar-refractivity contribution in [3.05, 3.63) is 52.8 Å². The van der Waals surface area contributed by atoms with Crippen molar-refractivity contribution in [1.29, 1.82) is 0 Å². The van der Waals surface area contributed by atoms with Crippen LogP contribution in [0.3, 0.4) is 0 Å². The second-order valence-corrected chi connectivity index (χ2v) is 7.72. The first-order valence-electron chi connectivity index (χ1n) is 9.23. The van der Waals surface area contributed by atoms with Gasteiger partial charge in [0.25, 0.3) is 0 Å². The zero-order valence-corrected chi connectivity index (χ0v) is 16.8. The van der Waals surface area contributed by atoms with Crippen molar-refractivity contribution in [2.75, 3.05) is 13.1 Å². The van der Waals surface area contributed by atoms with Gasteiger partial charge in [-0.15, -0.1) is 10.2 Å². The molecular weight excluding hydrogens is 422 g/mol. The van der Waals surface area contributed by atoms with Crippen LogP contribution in [0.15, 0.2) is 57.3 Å². The molecule has 144 valence electrons. The third-order valence-electron chi connectivity index (χ3n) is 4.89. The zero-order valence-electron chi connectivity index (χ0n) is 15.3. The van der Waals surface area contributed by atoms with Gasteiger partial charge in [0.05, 0.1) is 12.2 Å². The van der Waals surface area contributed by atoms with Crippen LogP contribution in [-0.4, -0.2) is 38.6 Å². The Morgan fingerprint density at radius 3 is 2.75 bits per heavy atom. The van der Waals surface area contributed by atoms with E-state index in [0.717, 1.165) is 41.3 Å². The van der Waals surface area contributed by atoms with E-state index in [1.807, 2.05) is 22.8 Å². The van der Waals surface area contributed by atoms with Crippen LogP contribution in [0.2, 0.25) is 0 Å². The number of hydrogen-bond donors (Lipinski definition) is 1. The summed E-state index contributed by atoms with van der Waals surface area (Å²) in [6.45, 7) is 2.59. The van der Waals surface area contributed by atoms with Gasteiger partial charge in [0, 0.05) is 16.1 Å². The van der Waals surface area contributed by atoms with E-state index in [9.17, 15) is 9.90 Å². The van der Waals surface area contributed by atoms with Crippen LogP contribution < -0.4 is 0 Å². The third kappa shape index (κ3) is 3.83. The van der Waals surface area contributed by atoms with Gasteiger partial charge < -0.3 is 5.11 Å². The highest BCUT2D eigenvalue weighted by Gasteiger charge is 2.20. The maximum absolute atomic E-state index is 12.2. The Kier molecular flexibility index (Phi) is 5.50. The van der Waals surface area contributed by atoms with Crippen molar-refractivity contribution in [2.24, 2.45) is 10.2 Å². The van der Waals surface area contributed by atoms with Gasteiger partial charge in [-0.25, -0.2) is 0 Å². The maximum atomic E-state index is 12.2. The van der Waals surface area contributed by atoms with Gasteiger partial charge >= 0.3 is 5.91 Å². The van der Waals surface area contributed by atoms with Crippen molar-refractivity contribution in [3.8, 4) is 5.88 Å². The monoisotopic (exact) mass is 441 g/mol. The van der Waals surface area contributed by atoms with E-state index in [1.165, 1.54) is 12.6 Å². The average Bonchev–Trinajstić information content (AvgIpc) is 2.98. The van der Waals surface area contributed by atoms with E-state index in [-0.39, 0.29) is 17.3 Å². The van der Waals surface area contributed by atoms with Crippen molar-refractivity contribution in [3.63, 3.8) is 0 Å². The number of amides is 1. The average molecular weight is 442 g/mol. The Bertz CT molecular complexity index is 1030. The number of nitrogens with zero attached hydrogens (tertiary/aromatic N) is 5. The fraction of sp³-hybridized carbons (Fsp3) is 0.300. The van der Waals surface area contributed by atoms with Crippen LogP contribution in [0.1, 0.15) is 29.8 Å². The van der Waals surface area contributed by atoms with Crippen molar-refractivity contribution < 1.29 is 9.90 Å². The molecule has 0 spiro atoms. The first kappa shape index (κ1) is 18.8. The largest absolute Gasteiger partial charge is 0.493 e. The molecule has 0 aliphatic carbocycles. The summed E-state index contributed by atoms with van der Waals surface area (Å²) in [7, 11) is 0. The van der Waals surface area contributed by atoms with Crippen molar-refractivity contribution in [1.82, 2.24) is 14.5 Å². The maximum Gasteiger partial charge on any atom is 0.313 e. The van der Waals surface area contributed by atoms with Gasteiger partial charge in [-0.3, -0.25) is 19.2 Å². The quantitative estimate of drug-likeness (QED) is 0.585. The van der Waals surface area contributed by atoms with Crippen LogP contribution in [-0.2, 0) is 6.67 Å². The van der Waals surface area contributed by atoms with E-state index in [1.54, 1.807) is 18.2 Å². The Balaban J connectivity index is 1.71. The standard InChI is InChI=1S/C20H20BrN5O2/c21-14-7-8-17-15(12-14)18(23-24-19(27)16-6-2-3-9-22-16)20(28)26(17)13-25-10-4-1-5-11-25/h2-3,6-9,12,28H,1,4-5,10-11,13H2. The summed E-state index contributed by atoms with van der Waals surface area (Å²) in [6, 6.07) is 10.8. The molecule has 0 bridgehead atoms. The molecule has 1 saturated heterocycles. The molecular formula is C20H20BrN5O2. The van der Waals surface area contributed by atoms with Gasteiger partial charge in [0.15, 0.2) is 5.69 Å². The summed E-state index contributed by atoms with van der Waals surface area (Å²) in [5.41, 5.74) is 1.35. The van der Waals surface area contributed by atoms with Crippen LogP contribution in [0.5, 0.6) is 5.88 Å². The first-order chi connectivity index (χ1) is 13.6. The number of fused-ring (bicyclic) bond motifs is 1. The SMILES string of the molecule is O=C(N=Nc1c(O)n(CN2CCCCC2)c2ccc(Br)cc12)c1ccccn1. The summed E-state index contributed by atoms with van der Waals surface area (Å²) < 4.78 is 2.69. The predicted octanol–water partition coefficient (Wildman–Crippen LogP) is 4.87. The van der Waals surface area contributed by atoms with E-state index < -0.39 is 5.91 Å². The van der Waals surface area contributed by atoms with Gasteiger partial charge in [-0.05, 0) is 56.3 Å². The van der Waals surface area contributed by atoms with Gasteiger partial charge in [0.2, 0.25) is 5.88 Å². The summed E-state index contributed by atoms with van der Waals surface area (Å²) in [4.78, 5) is 18.5. The lowest BCUT2D eigenvalue weighted by Gasteiger charge is -2.27. The Morgan fingerprint density at radius 1 is 1.18 bits per heavy atom. The molecule has 0 radical (unpaired) electrons. The predicted molar refractivity (Wildman–Crippen MR) is 110 cm³/mol. The lowest BCUT2D eigenvalue weighted by Crippen LogP contribution is -2.31. The molecule has 0 unspecified atom stereocenters. The second-order valence-electron chi connectivity index (χ2n) is 6.80. The van der Waals surface area contributed by atoms with Crippen LogP contribution in [0, 0.1) is 0 Å². The van der Waals surface area contributed by atoms with Crippen molar-refractivity contribution in [2.45, 2.75) is 25.9 Å². The number of aromatic hydroxyl groups is 1. The van der Waals surface area contributed by atoms with Gasteiger partial charge in [-0.2, -0.15) is 0 Å². The molecule has 28 heavy (non-hydrogen) atoms. The number of likely N-dealkylation sites (tertiary alicyclic amines) is 1. The Morgan fingerprint density at radius 2 is 2.00 bits per heavy atom. The van der Waals surface area contributed by atoms with Crippen LogP contribution in [0.25, 0.3) is 10.9 Å². The lowest BCUT2D eigenvalue weighted by molar-refractivity contribution is 0.0990. The minimum atomic E-state index is -0.549. The minimum Gasteiger partial charge on any atom is -0.493 e. The van der Waals surface area contributed by atoms with Gasteiger partial charge in [-0.1, -0.05) is 28.4 Å². The van der Waals surface area contributed by atoms with E-state index in [2.05, 4.69) is 36.0 Å². The van der Waals surface area contributed by atoms with Crippen molar-refractivity contribution >= 4 is 38.4 Å². The molecule has 3 aromatic rings. The highest BCUT2D eigenvalue weighted by molar-refractivity contribution is 9.10. The number of carbonyl (C=O) groups is 1. The molecule has 0 atom stereocenters. The molecule has 0 saturated carbocycles. The molecule has 1 aliphatic rings. The number of carbonyl (C=O) groups excluding carboxylic acids is 1. The zero-order chi connectivity index (χ0) is 19.5. The fourth-order valence-corrected chi connectivity index (χ4v) is 3.84. The molecule has 2 aromatic heterocycles. The fourth-order valence-electron chi connectivity index (χ4n) is 3.47. The minimum absolute atomic E-state index is 0.0104. The molecule has 1 aromatic carbocycles. The number of azo groups is 1. The summed E-state index contributed by atoms with van der Waals surface area (Å²) >= 11 is 3.47. The normalized spacial score (nSPS) is 15.5. The number of aromatic nitrogens is 2. The third-order valence-corrected chi connectivity index (χ3v) is 5.38. The number of halogens is 1. The topological polar surface area (TPSA) is 83.1 Å². The van der Waals surface area contributed by atoms with Gasteiger partial charge in [0.1, 0.15) is 5.69 Å². The molecule has 8 heteroatoms. The van der Waals surface area contributed by atoms with E-state index in [0.29, 0.717) is 6.67 Å². The van der Waals surface area contributed by atoms with E-state index in [4.69, 9.17) is 0 Å². The summed E-state index contributed by atoms with van der Waals surface area (Å²) in [5.74, 6) is -0.539. The highest BCUT2D eigenvalue weighted by Crippen LogP contribution is 2.40. The number of hydrogen-bond acceptors (Lipinski definition) is 5. The Hall–Kier alpha value is -2.58. The molecule has 7 nitrogen and oxygen atoms in total. The van der Waals surface area contributed by atoms with Crippen LogP contribution in [0.4, 0.5) is 5.69 Å². The molecule has 4 rings (SSSR count). The number of pyridine rings is 1. The summed E-state index contributed by atoms with van der Waals surface area (Å²) in [5, 5.41) is 19.5. The highest BCUT2D eigenvalue weighted by atomic mass is 79.9. The molecule has 1 amide bonds. The summed E-state index contributed by atoms with van der Waals surface area (Å²) in [6.07, 6.45) is 5.10. The second kappa shape index (κ2) is 8.20. The molecule has 1 aliphatic heterocycles. The molecule has 1 N–H and O–H groups in total. The molecule has 3 heterocycles.